The van der Waals surface area contributed by atoms with Crippen LogP contribution in [0, 0.1) is 10.1 Å². The van der Waals surface area contributed by atoms with Crippen molar-refractivity contribution in [3.63, 3.8) is 0 Å². The number of benzene rings is 2. The highest BCUT2D eigenvalue weighted by atomic mass is 35.5. The van der Waals surface area contributed by atoms with Crippen molar-refractivity contribution in [2.75, 3.05) is 31.1 Å². The van der Waals surface area contributed by atoms with E-state index in [1.807, 2.05) is 24.3 Å². The number of nitro benzene ring substituents is 1. The molecular weight excluding hydrogens is 385 g/mol. The summed E-state index contributed by atoms with van der Waals surface area (Å²) in [5, 5.41) is 12.0. The van der Waals surface area contributed by atoms with Crippen LogP contribution in [0.1, 0.15) is 5.56 Å². The first-order chi connectivity index (χ1) is 11.5. The normalized spacial score (nSPS) is 14.9. The zero-order chi connectivity index (χ0) is 17.1. The van der Waals surface area contributed by atoms with E-state index < -0.39 is 4.92 Å². The summed E-state index contributed by atoms with van der Waals surface area (Å²) in [4.78, 5) is 14.9. The second kappa shape index (κ2) is 8.72. The van der Waals surface area contributed by atoms with Crippen LogP contribution >= 0.6 is 23.2 Å². The molecule has 0 radical (unpaired) electrons. The molecule has 0 aliphatic carbocycles. The van der Waals surface area contributed by atoms with Gasteiger partial charge in [0.1, 0.15) is 0 Å². The number of halogens is 3. The zero-order valence-corrected chi connectivity index (χ0v) is 15.6. The molecule has 0 saturated carbocycles. The number of non-ortho nitro benzene ring substituents is 1. The highest BCUT2D eigenvalue weighted by molar-refractivity contribution is 6.33. The lowest BCUT2D eigenvalue weighted by Crippen LogP contribution is -3.00. The number of piperazine rings is 1. The summed E-state index contributed by atoms with van der Waals surface area (Å²) >= 11 is 12.1. The summed E-state index contributed by atoms with van der Waals surface area (Å²) in [6, 6.07) is 12.5. The summed E-state index contributed by atoms with van der Waals surface area (Å²) in [6.45, 7) is 4.39. The van der Waals surface area contributed by atoms with Crippen LogP contribution in [0.25, 0.3) is 0 Å². The van der Waals surface area contributed by atoms with E-state index >= 15 is 0 Å². The molecule has 8 heteroatoms. The van der Waals surface area contributed by atoms with Crippen LogP contribution in [-0.2, 0) is 6.54 Å². The molecule has 0 spiro atoms. The summed E-state index contributed by atoms with van der Waals surface area (Å²) in [6.07, 6.45) is 0. The van der Waals surface area contributed by atoms with Gasteiger partial charge in [0.15, 0.2) is 0 Å². The Labute approximate surface area is 162 Å². The molecule has 1 aliphatic rings. The van der Waals surface area contributed by atoms with Gasteiger partial charge in [-0.2, -0.15) is 0 Å². The largest absolute Gasteiger partial charge is 1.00 e. The Morgan fingerprint density at radius 1 is 1.00 bits per heavy atom. The Morgan fingerprint density at radius 3 is 2.20 bits per heavy atom. The van der Waals surface area contributed by atoms with Crippen LogP contribution in [0.2, 0.25) is 10.0 Å². The highest BCUT2D eigenvalue weighted by Crippen LogP contribution is 2.30. The van der Waals surface area contributed by atoms with Gasteiger partial charge < -0.3 is 17.3 Å². The van der Waals surface area contributed by atoms with Crippen molar-refractivity contribution in [2.24, 2.45) is 0 Å². The lowest BCUT2D eigenvalue weighted by molar-refractivity contribution is -0.384. The van der Waals surface area contributed by atoms with Gasteiger partial charge in [0.2, 0.25) is 0 Å². The van der Waals surface area contributed by atoms with Gasteiger partial charge in [0, 0.05) is 49.9 Å². The number of hydrogen-bond acceptors (Lipinski definition) is 4. The SMILES string of the molecule is O=[N+]([O-])c1ccc(N2CCN(Cc3ccc(Cl)cc3)CC2)c(Cl)c1.[Cl-]. The van der Waals surface area contributed by atoms with Crippen LogP contribution in [0.15, 0.2) is 42.5 Å². The Kier molecular flexibility index (Phi) is 6.90. The molecule has 2 aromatic rings. The molecule has 0 N–H and O–H groups in total. The fourth-order valence-corrected chi connectivity index (χ4v) is 3.28. The molecule has 0 amide bonds. The van der Waals surface area contributed by atoms with Gasteiger partial charge in [-0.1, -0.05) is 35.3 Å². The standard InChI is InChI=1S/C17H17Cl2N3O2.ClH/c18-14-3-1-13(2-4-14)12-20-7-9-21(10-8-20)17-6-5-15(22(23)24)11-16(17)19;/h1-6,11H,7-10,12H2;1H/p-1. The third-order valence-corrected chi connectivity index (χ3v) is 4.73. The fourth-order valence-electron chi connectivity index (χ4n) is 2.86. The molecule has 1 heterocycles. The smallest absolute Gasteiger partial charge is 0.271 e. The van der Waals surface area contributed by atoms with E-state index in [9.17, 15) is 10.1 Å². The molecule has 0 bridgehead atoms. The molecule has 25 heavy (non-hydrogen) atoms. The quantitative estimate of drug-likeness (QED) is 0.571. The molecule has 5 nitrogen and oxygen atoms in total. The van der Waals surface area contributed by atoms with E-state index in [1.165, 1.54) is 17.7 Å². The maximum absolute atomic E-state index is 10.8. The van der Waals surface area contributed by atoms with E-state index in [0.717, 1.165) is 43.4 Å². The number of hydrogen-bond donors (Lipinski definition) is 0. The monoisotopic (exact) mass is 400 g/mol. The summed E-state index contributed by atoms with van der Waals surface area (Å²) in [5.74, 6) is 0. The second-order valence-electron chi connectivity index (χ2n) is 5.78. The third kappa shape index (κ3) is 4.98. The van der Waals surface area contributed by atoms with E-state index in [-0.39, 0.29) is 18.1 Å². The van der Waals surface area contributed by atoms with E-state index in [4.69, 9.17) is 23.2 Å². The van der Waals surface area contributed by atoms with Gasteiger partial charge in [0.25, 0.3) is 5.69 Å². The van der Waals surface area contributed by atoms with Crippen molar-refractivity contribution in [1.82, 2.24) is 4.90 Å². The van der Waals surface area contributed by atoms with Gasteiger partial charge in [0.05, 0.1) is 15.6 Å². The molecule has 134 valence electrons. The molecule has 1 saturated heterocycles. The van der Waals surface area contributed by atoms with Gasteiger partial charge in [-0.25, -0.2) is 0 Å². The van der Waals surface area contributed by atoms with E-state index in [2.05, 4.69) is 9.80 Å². The molecule has 0 atom stereocenters. The summed E-state index contributed by atoms with van der Waals surface area (Å²) in [5.41, 5.74) is 2.11. The van der Waals surface area contributed by atoms with Crippen LogP contribution < -0.4 is 17.3 Å². The lowest BCUT2D eigenvalue weighted by atomic mass is 10.2. The summed E-state index contributed by atoms with van der Waals surface area (Å²) < 4.78 is 0. The Morgan fingerprint density at radius 2 is 1.64 bits per heavy atom. The molecule has 2 aromatic carbocycles. The average molecular weight is 402 g/mol. The second-order valence-corrected chi connectivity index (χ2v) is 6.63. The minimum Gasteiger partial charge on any atom is -1.00 e. The summed E-state index contributed by atoms with van der Waals surface area (Å²) in [7, 11) is 0. The number of rotatable bonds is 4. The first-order valence-electron chi connectivity index (χ1n) is 7.68. The minimum atomic E-state index is -0.431. The van der Waals surface area contributed by atoms with Crippen molar-refractivity contribution in [3.8, 4) is 0 Å². The Balaban J connectivity index is 0.00000225. The number of anilines is 1. The molecule has 1 fully saturated rings. The van der Waals surface area contributed by atoms with E-state index in [0.29, 0.717) is 5.02 Å². The maximum atomic E-state index is 10.8. The lowest BCUT2D eigenvalue weighted by Gasteiger charge is -2.36. The highest BCUT2D eigenvalue weighted by Gasteiger charge is 2.20. The Hall–Kier alpha value is -1.53. The van der Waals surface area contributed by atoms with Crippen molar-refractivity contribution in [1.29, 1.82) is 0 Å². The van der Waals surface area contributed by atoms with Crippen LogP contribution in [0.5, 0.6) is 0 Å². The minimum absolute atomic E-state index is 0. The van der Waals surface area contributed by atoms with Crippen LogP contribution in [0.3, 0.4) is 0 Å². The van der Waals surface area contributed by atoms with Crippen molar-refractivity contribution in [3.05, 3.63) is 68.2 Å². The first-order valence-corrected chi connectivity index (χ1v) is 8.44. The zero-order valence-electron chi connectivity index (χ0n) is 13.4. The van der Waals surface area contributed by atoms with Gasteiger partial charge in [-0.05, 0) is 23.8 Å². The molecule has 0 aromatic heterocycles. The number of nitro groups is 1. The molecule has 1 aliphatic heterocycles. The van der Waals surface area contributed by atoms with Crippen LogP contribution in [-0.4, -0.2) is 36.0 Å². The molecule has 3 rings (SSSR count). The molecular formula is C17H17Cl3N3O2-. The number of nitrogens with zero attached hydrogens (tertiary/aromatic N) is 3. The van der Waals surface area contributed by atoms with Crippen molar-refractivity contribution >= 4 is 34.6 Å². The third-order valence-electron chi connectivity index (χ3n) is 4.17. The van der Waals surface area contributed by atoms with Gasteiger partial charge >= 0.3 is 0 Å². The van der Waals surface area contributed by atoms with Crippen molar-refractivity contribution in [2.45, 2.75) is 6.54 Å². The van der Waals surface area contributed by atoms with E-state index in [1.54, 1.807) is 6.07 Å². The fraction of sp³-hybridized carbons (Fsp3) is 0.294. The molecule has 0 unspecified atom stereocenters. The van der Waals surface area contributed by atoms with Crippen molar-refractivity contribution < 1.29 is 17.3 Å². The predicted molar refractivity (Wildman–Crippen MR) is 97.0 cm³/mol. The average Bonchev–Trinajstić information content (AvgIpc) is 2.58. The van der Waals surface area contributed by atoms with Crippen LogP contribution in [0.4, 0.5) is 11.4 Å². The maximum Gasteiger partial charge on any atom is 0.271 e. The first kappa shape index (κ1) is 19.8. The topological polar surface area (TPSA) is 49.6 Å². The Bertz CT molecular complexity index is 732. The van der Waals surface area contributed by atoms with Gasteiger partial charge in [-0.15, -0.1) is 0 Å². The predicted octanol–water partition coefficient (Wildman–Crippen LogP) is 1.23. The van der Waals surface area contributed by atoms with Gasteiger partial charge in [-0.3, -0.25) is 15.0 Å².